The van der Waals surface area contributed by atoms with Gasteiger partial charge in [-0.05, 0) is 52.6 Å². The zero-order valence-electron chi connectivity index (χ0n) is 29.4. The number of ether oxygens (including phenoxy) is 1. The highest BCUT2D eigenvalue weighted by atomic mass is 16.5. The fourth-order valence-electron chi connectivity index (χ4n) is 8.96. The van der Waals surface area contributed by atoms with Crippen molar-refractivity contribution in [3.63, 3.8) is 0 Å². The van der Waals surface area contributed by atoms with Crippen molar-refractivity contribution in [1.29, 1.82) is 0 Å². The molecule has 252 valence electrons. The smallest absolute Gasteiger partial charge is 0.164 e. The van der Waals surface area contributed by atoms with E-state index in [9.17, 15) is 0 Å². The van der Waals surface area contributed by atoms with Gasteiger partial charge in [0, 0.05) is 50.2 Å². The number of rotatable bonds is 4. The van der Waals surface area contributed by atoms with Gasteiger partial charge in [0.15, 0.2) is 17.5 Å². The molecule has 3 aliphatic rings. The van der Waals surface area contributed by atoms with Crippen molar-refractivity contribution in [2.45, 2.75) is 31.3 Å². The van der Waals surface area contributed by atoms with Gasteiger partial charge in [0.25, 0.3) is 0 Å². The summed E-state index contributed by atoms with van der Waals surface area (Å²) in [5.74, 6) is 2.79. The van der Waals surface area contributed by atoms with Gasteiger partial charge in [0.05, 0.1) is 11.2 Å². The van der Waals surface area contributed by atoms with E-state index in [1.54, 1.807) is 0 Å². The lowest BCUT2D eigenvalue weighted by Gasteiger charge is -2.24. The fraction of sp³-hybridized carbons (Fsp3) is 0.104. The molecule has 0 saturated heterocycles. The van der Waals surface area contributed by atoms with E-state index in [0.29, 0.717) is 17.5 Å². The summed E-state index contributed by atoms with van der Waals surface area (Å²) < 4.78 is 9.43. The van der Waals surface area contributed by atoms with E-state index < -0.39 is 0 Å². The summed E-state index contributed by atoms with van der Waals surface area (Å²) >= 11 is 0. The molecule has 2 aromatic heterocycles. The van der Waals surface area contributed by atoms with Crippen LogP contribution in [0.15, 0.2) is 152 Å². The molecule has 6 aromatic carbocycles. The number of para-hydroxylation sites is 1. The third kappa shape index (κ3) is 4.40. The molecule has 2 aliphatic carbocycles. The fourth-order valence-corrected chi connectivity index (χ4v) is 8.96. The molecule has 1 aliphatic heterocycles. The molecule has 0 N–H and O–H groups in total. The first kappa shape index (κ1) is 30.1. The normalized spacial score (nSPS) is 17.1. The first-order valence-electron chi connectivity index (χ1n) is 18.3. The Morgan fingerprint density at radius 1 is 0.566 bits per heavy atom. The highest BCUT2D eigenvalue weighted by molar-refractivity contribution is 5.93. The largest absolute Gasteiger partial charge is 0.484 e. The molecule has 5 heteroatoms. The Kier molecular flexibility index (Phi) is 6.36. The Morgan fingerprint density at radius 3 is 1.98 bits per heavy atom. The first-order chi connectivity index (χ1) is 26.0. The first-order valence-corrected chi connectivity index (χ1v) is 18.3. The van der Waals surface area contributed by atoms with Gasteiger partial charge in [0.2, 0.25) is 0 Å². The number of aromatic nitrogens is 4. The van der Waals surface area contributed by atoms with E-state index >= 15 is 0 Å². The summed E-state index contributed by atoms with van der Waals surface area (Å²) in [7, 11) is 0. The van der Waals surface area contributed by atoms with Crippen molar-refractivity contribution in [2.24, 2.45) is 0 Å². The topological polar surface area (TPSA) is 52.8 Å². The van der Waals surface area contributed by atoms with Crippen LogP contribution in [-0.4, -0.2) is 19.5 Å². The maximum atomic E-state index is 7.00. The summed E-state index contributed by atoms with van der Waals surface area (Å²) in [6.07, 6.45) is 4.43. The summed E-state index contributed by atoms with van der Waals surface area (Å²) in [5, 5.41) is 1.21. The second-order valence-electron chi connectivity index (χ2n) is 14.7. The Bertz CT molecular complexity index is 2740. The minimum Gasteiger partial charge on any atom is -0.484 e. The number of fused-ring (bicyclic) bond motifs is 10. The van der Waals surface area contributed by atoms with Crippen molar-refractivity contribution in [3.05, 3.63) is 180 Å². The monoisotopic (exact) mass is 682 g/mol. The molecule has 8 aromatic rings. The predicted molar refractivity (Wildman–Crippen MR) is 212 cm³/mol. The lowest BCUT2D eigenvalue weighted by atomic mass is 9.82. The van der Waals surface area contributed by atoms with Gasteiger partial charge < -0.3 is 9.30 Å². The van der Waals surface area contributed by atoms with E-state index in [1.165, 1.54) is 38.7 Å². The highest BCUT2D eigenvalue weighted by Crippen LogP contribution is 2.56. The predicted octanol–water partition coefficient (Wildman–Crippen LogP) is 11.4. The molecule has 53 heavy (non-hydrogen) atoms. The molecule has 2 atom stereocenters. The molecule has 0 bridgehead atoms. The molecule has 2 unspecified atom stereocenters. The molecule has 0 saturated carbocycles. The minimum absolute atomic E-state index is 0.0153. The van der Waals surface area contributed by atoms with Gasteiger partial charge in [-0.25, -0.2) is 15.0 Å². The molecular weight excluding hydrogens is 649 g/mol. The van der Waals surface area contributed by atoms with Crippen LogP contribution in [-0.2, 0) is 5.41 Å². The number of benzene rings is 6. The van der Waals surface area contributed by atoms with Gasteiger partial charge in [-0.15, -0.1) is 0 Å². The van der Waals surface area contributed by atoms with E-state index in [0.717, 1.165) is 39.4 Å². The second kappa shape index (κ2) is 11.2. The van der Waals surface area contributed by atoms with E-state index in [2.05, 4.69) is 115 Å². The van der Waals surface area contributed by atoms with Crippen LogP contribution in [0.5, 0.6) is 5.75 Å². The quantitative estimate of drug-likeness (QED) is 0.185. The van der Waals surface area contributed by atoms with Crippen LogP contribution in [0.25, 0.3) is 68.0 Å². The van der Waals surface area contributed by atoms with Crippen LogP contribution < -0.4 is 4.74 Å². The van der Waals surface area contributed by atoms with Crippen molar-refractivity contribution in [3.8, 4) is 56.7 Å². The maximum Gasteiger partial charge on any atom is 0.164 e. The SMILES string of the molecule is CC1(C)c2ccccc2-c2ccc(-n3c4c(c5ccccc53)C3Oc5cccc(-c6nc(-c7ccccc7)nc(-c7ccccc7)n6)c5C3C=C4)cc21. The number of hydrogen-bond acceptors (Lipinski definition) is 4. The molecule has 0 fully saturated rings. The maximum absolute atomic E-state index is 7.00. The van der Waals surface area contributed by atoms with E-state index in [4.69, 9.17) is 19.7 Å². The highest BCUT2D eigenvalue weighted by Gasteiger charge is 2.42. The van der Waals surface area contributed by atoms with Crippen LogP contribution >= 0.6 is 0 Å². The second-order valence-corrected chi connectivity index (χ2v) is 14.7. The minimum atomic E-state index is -0.198. The van der Waals surface area contributed by atoms with Crippen molar-refractivity contribution < 1.29 is 4.74 Å². The standard InChI is InChI=1S/C48H34N4O/c1-48(2)37-21-11-9-18-32(37)33-25-24-31(28-38(33)48)52-39-22-12-10-19-34(39)43-40(52)27-26-35-42-36(20-13-23-41(42)53-44(35)43)47-50-45(29-14-5-3-6-15-29)49-46(51-47)30-16-7-4-8-17-30/h3-28,35,44H,1-2H3. The lowest BCUT2D eigenvalue weighted by molar-refractivity contribution is 0.224. The van der Waals surface area contributed by atoms with Crippen LogP contribution in [0.1, 0.15) is 53.8 Å². The zero-order valence-corrected chi connectivity index (χ0v) is 29.4. The van der Waals surface area contributed by atoms with Crippen molar-refractivity contribution in [1.82, 2.24) is 19.5 Å². The molecular formula is C48H34N4O. The molecule has 0 radical (unpaired) electrons. The molecule has 3 heterocycles. The molecule has 0 amide bonds. The summed E-state index contributed by atoms with van der Waals surface area (Å²) in [4.78, 5) is 15.1. The molecule has 5 nitrogen and oxygen atoms in total. The lowest BCUT2D eigenvalue weighted by Crippen LogP contribution is -2.16. The molecule has 11 rings (SSSR count). The van der Waals surface area contributed by atoms with Gasteiger partial charge in [-0.3, -0.25) is 0 Å². The van der Waals surface area contributed by atoms with E-state index in [1.807, 2.05) is 60.7 Å². The Balaban J connectivity index is 1.06. The van der Waals surface area contributed by atoms with Crippen LogP contribution in [0.4, 0.5) is 0 Å². The summed E-state index contributed by atoms with van der Waals surface area (Å²) in [6, 6.07) is 51.1. The summed E-state index contributed by atoms with van der Waals surface area (Å²) in [6.45, 7) is 4.68. The average molecular weight is 683 g/mol. The Hall–Kier alpha value is -6.59. The van der Waals surface area contributed by atoms with Gasteiger partial charge in [-0.1, -0.05) is 141 Å². The summed E-state index contributed by atoms with van der Waals surface area (Å²) in [5.41, 5.74) is 14.0. The average Bonchev–Trinajstić information content (AvgIpc) is 3.84. The van der Waals surface area contributed by atoms with Crippen molar-refractivity contribution in [2.75, 3.05) is 0 Å². The molecule has 0 spiro atoms. The van der Waals surface area contributed by atoms with Gasteiger partial charge in [-0.2, -0.15) is 0 Å². The van der Waals surface area contributed by atoms with Crippen LogP contribution in [0, 0.1) is 0 Å². The Morgan fingerprint density at radius 2 is 1.21 bits per heavy atom. The Labute approximate surface area is 307 Å². The number of hydrogen-bond donors (Lipinski definition) is 0. The third-order valence-electron chi connectivity index (χ3n) is 11.4. The van der Waals surface area contributed by atoms with Gasteiger partial charge in [0.1, 0.15) is 11.9 Å². The van der Waals surface area contributed by atoms with Crippen LogP contribution in [0.2, 0.25) is 0 Å². The van der Waals surface area contributed by atoms with Crippen LogP contribution in [0.3, 0.4) is 0 Å². The third-order valence-corrected chi connectivity index (χ3v) is 11.4. The van der Waals surface area contributed by atoms with Crippen molar-refractivity contribution >= 4 is 17.0 Å². The zero-order chi connectivity index (χ0) is 35.3. The number of nitrogens with zero attached hydrogens (tertiary/aromatic N) is 4. The van der Waals surface area contributed by atoms with Gasteiger partial charge >= 0.3 is 0 Å². The van der Waals surface area contributed by atoms with E-state index in [-0.39, 0.29) is 17.4 Å².